The minimum Gasteiger partial charge on any atom is -0.756 e. The summed E-state index contributed by atoms with van der Waals surface area (Å²) in [7, 11) is 1.78. The largest absolute Gasteiger partial charge is 0.756 e. The lowest BCUT2D eigenvalue weighted by molar-refractivity contribution is -0.870. The fourth-order valence-electron chi connectivity index (χ4n) is 8.36. The van der Waals surface area contributed by atoms with Crippen LogP contribution >= 0.6 is 7.82 Å². The van der Waals surface area contributed by atoms with Crippen LogP contribution in [0.3, 0.4) is 0 Å². The van der Waals surface area contributed by atoms with Gasteiger partial charge in [-0.1, -0.05) is 142 Å². The Morgan fingerprint density at radius 3 is 1.18 bits per heavy atom. The number of hydrogen-bond donors (Lipinski definition) is 0. The number of benzene rings is 1. The van der Waals surface area contributed by atoms with Crippen LogP contribution in [-0.4, -0.2) is 170 Å². The van der Waals surface area contributed by atoms with E-state index in [9.17, 15) is 23.8 Å². The number of carbonyl (C=O) groups is 3. The van der Waals surface area contributed by atoms with Crippen LogP contribution in [0.4, 0.5) is 5.69 Å². The molecule has 1 aliphatic heterocycles. The number of rotatable bonds is 40. The Balaban J connectivity index is 1.77. The highest BCUT2D eigenvalue weighted by atomic mass is 31.2. The van der Waals surface area contributed by atoms with Gasteiger partial charge in [0.1, 0.15) is 13.2 Å². The zero-order valence-electron chi connectivity index (χ0n) is 45.9. The number of esters is 3. The van der Waals surface area contributed by atoms with Crippen LogP contribution < -0.4 is 9.79 Å². The van der Waals surface area contributed by atoms with Gasteiger partial charge in [0.05, 0.1) is 67.2 Å². The van der Waals surface area contributed by atoms with Crippen LogP contribution in [0, 0.1) is 0 Å². The average Bonchev–Trinajstić information content (AvgIpc) is 3.32. The van der Waals surface area contributed by atoms with E-state index in [2.05, 4.69) is 64.6 Å². The van der Waals surface area contributed by atoms with Crippen LogP contribution in [0.2, 0.25) is 0 Å². The van der Waals surface area contributed by atoms with Crippen LogP contribution in [0.25, 0.3) is 0 Å². The van der Waals surface area contributed by atoms with Gasteiger partial charge in [0.25, 0.3) is 7.82 Å². The Hall–Kier alpha value is -2.62. The van der Waals surface area contributed by atoms with Crippen LogP contribution in [0.15, 0.2) is 24.3 Å². The molecule has 2 rings (SSSR count). The van der Waals surface area contributed by atoms with Gasteiger partial charge in [-0.25, -0.2) is 0 Å². The van der Waals surface area contributed by atoms with E-state index in [1.165, 1.54) is 89.0 Å². The number of anilines is 1. The molecular weight excluding hydrogens is 922 g/mol. The van der Waals surface area contributed by atoms with Crippen molar-refractivity contribution in [3.05, 3.63) is 29.8 Å². The first kappa shape index (κ1) is 64.5. The molecule has 0 bridgehead atoms. The number of aryl methyl sites for hydroxylation is 1. The SMILES string of the molecule is CCCCOC(=O)CN1CCN(CC(=O)OCCCC)CCN(c2ccc(CCCCCCCCCCCCCCCCCCOP(=O)([O-])OCC[N+](C)(C)C)cc2)CCN(CC(=O)OCCCC)CC1. The first-order chi connectivity index (χ1) is 34.2. The molecular formula is C55H102N5O10P. The minimum absolute atomic E-state index is 0.144. The third kappa shape index (κ3) is 36.1. The van der Waals surface area contributed by atoms with Gasteiger partial charge >= 0.3 is 17.9 Å². The van der Waals surface area contributed by atoms with E-state index in [0.717, 1.165) is 69.9 Å². The van der Waals surface area contributed by atoms with Gasteiger partial charge in [0, 0.05) is 58.0 Å². The number of nitrogens with zero attached hydrogens (tertiary/aromatic N) is 5. The summed E-state index contributed by atoms with van der Waals surface area (Å²) >= 11 is 0. The summed E-state index contributed by atoms with van der Waals surface area (Å²) in [5.41, 5.74) is 2.47. The Labute approximate surface area is 432 Å². The molecule has 0 N–H and O–H groups in total. The van der Waals surface area contributed by atoms with E-state index in [1.54, 1.807) is 0 Å². The van der Waals surface area contributed by atoms with Gasteiger partial charge in [-0.05, 0) is 56.2 Å². The smallest absolute Gasteiger partial charge is 0.320 e. The van der Waals surface area contributed by atoms with Crippen molar-refractivity contribution in [2.75, 3.05) is 138 Å². The normalized spacial score (nSPS) is 15.7. The lowest BCUT2D eigenvalue weighted by atomic mass is 10.0. The van der Waals surface area contributed by atoms with Gasteiger partial charge in [-0.3, -0.25) is 33.6 Å². The third-order valence-corrected chi connectivity index (χ3v) is 14.1. The Morgan fingerprint density at radius 2 is 0.817 bits per heavy atom. The molecule has 0 amide bonds. The molecule has 0 radical (unpaired) electrons. The molecule has 1 atom stereocenters. The van der Waals surface area contributed by atoms with Crippen molar-refractivity contribution < 1.29 is 51.6 Å². The molecule has 0 aromatic heterocycles. The number of quaternary nitrogens is 1. The second-order valence-corrected chi connectivity index (χ2v) is 22.1. The molecule has 1 saturated heterocycles. The van der Waals surface area contributed by atoms with E-state index >= 15 is 0 Å². The third-order valence-electron chi connectivity index (χ3n) is 13.1. The highest BCUT2D eigenvalue weighted by molar-refractivity contribution is 7.45. The summed E-state index contributed by atoms with van der Waals surface area (Å²) in [6.07, 6.45) is 26.0. The Bertz CT molecular complexity index is 1510. The molecule has 1 unspecified atom stereocenters. The first-order valence-corrected chi connectivity index (χ1v) is 29.6. The van der Waals surface area contributed by atoms with Crippen molar-refractivity contribution in [2.24, 2.45) is 0 Å². The minimum atomic E-state index is -4.19. The van der Waals surface area contributed by atoms with Gasteiger partial charge in [0.2, 0.25) is 0 Å². The maximum Gasteiger partial charge on any atom is 0.320 e. The predicted molar refractivity (Wildman–Crippen MR) is 286 cm³/mol. The summed E-state index contributed by atoms with van der Waals surface area (Å²) in [4.78, 5) is 59.5. The van der Waals surface area contributed by atoms with E-state index in [1.807, 2.05) is 21.1 Å². The van der Waals surface area contributed by atoms with E-state index in [4.69, 9.17) is 23.3 Å². The van der Waals surface area contributed by atoms with Gasteiger partial charge in [-0.2, -0.15) is 0 Å². The van der Waals surface area contributed by atoms with E-state index in [0.29, 0.717) is 83.2 Å². The number of phosphoric acid groups is 1. The van der Waals surface area contributed by atoms with Crippen molar-refractivity contribution in [3.8, 4) is 0 Å². The number of likely N-dealkylation sites (N-methyl/N-ethyl adjacent to an activating group) is 1. The molecule has 0 spiro atoms. The topological polar surface area (TPSA) is 150 Å². The first-order valence-electron chi connectivity index (χ1n) is 28.1. The monoisotopic (exact) mass is 1020 g/mol. The Kier molecular flexibility index (Phi) is 37.0. The fourth-order valence-corrected chi connectivity index (χ4v) is 9.10. The average molecular weight is 1020 g/mol. The highest BCUT2D eigenvalue weighted by Gasteiger charge is 2.22. The molecule has 15 nitrogen and oxygen atoms in total. The highest BCUT2D eigenvalue weighted by Crippen LogP contribution is 2.38. The van der Waals surface area contributed by atoms with Gasteiger partial charge in [0.15, 0.2) is 0 Å². The fraction of sp³-hybridized carbons (Fsp3) is 0.836. The zero-order valence-corrected chi connectivity index (χ0v) is 46.8. The number of hydrogen-bond acceptors (Lipinski definition) is 14. The van der Waals surface area contributed by atoms with Crippen LogP contribution in [0.1, 0.15) is 168 Å². The summed E-state index contributed by atoms with van der Waals surface area (Å²) in [6.45, 7) is 14.0. The number of carbonyl (C=O) groups excluding carboxylic acids is 3. The summed E-state index contributed by atoms with van der Waals surface area (Å²) < 4.78 is 39.2. The number of ether oxygens (including phenoxy) is 3. The Morgan fingerprint density at radius 1 is 0.479 bits per heavy atom. The lowest BCUT2D eigenvalue weighted by Gasteiger charge is -2.34. The van der Waals surface area contributed by atoms with Crippen molar-refractivity contribution in [2.45, 2.75) is 168 Å². The molecule has 1 aromatic carbocycles. The maximum absolute atomic E-state index is 13.0. The standard InChI is InChI=1S/C55H102N5O10P/c1-7-10-43-66-53(61)48-56-34-36-57(49-54(62)67-44-11-8-2)38-40-59(41-39-58(37-35-56)50-55(63)68-45-12-9-3)52-32-30-51(31-33-52)29-27-25-23-21-19-17-15-13-14-16-18-20-22-24-26-28-46-69-71(64,65)70-47-42-60(4,5)6/h30-33H,7-29,34-50H2,1-6H3. The van der Waals surface area contributed by atoms with Gasteiger partial charge < -0.3 is 37.5 Å². The summed E-state index contributed by atoms with van der Waals surface area (Å²) in [6, 6.07) is 8.97. The zero-order chi connectivity index (χ0) is 51.8. The second kappa shape index (κ2) is 40.7. The van der Waals surface area contributed by atoms with Crippen LogP contribution in [-0.2, 0) is 48.6 Å². The lowest BCUT2D eigenvalue weighted by Crippen LogP contribution is -2.49. The van der Waals surface area contributed by atoms with Crippen molar-refractivity contribution >= 4 is 31.4 Å². The number of unbranched alkanes of at least 4 members (excludes halogenated alkanes) is 18. The summed E-state index contributed by atoms with van der Waals surface area (Å²) in [5.74, 6) is -0.698. The van der Waals surface area contributed by atoms with Crippen molar-refractivity contribution in [1.29, 1.82) is 0 Å². The molecule has 1 heterocycles. The second-order valence-electron chi connectivity index (χ2n) is 20.7. The molecule has 1 fully saturated rings. The van der Waals surface area contributed by atoms with Crippen LogP contribution in [0.5, 0.6) is 0 Å². The van der Waals surface area contributed by atoms with E-state index in [-0.39, 0.29) is 50.8 Å². The van der Waals surface area contributed by atoms with Crippen molar-refractivity contribution in [1.82, 2.24) is 14.7 Å². The van der Waals surface area contributed by atoms with E-state index < -0.39 is 7.82 Å². The molecule has 1 aromatic rings. The predicted octanol–water partition coefficient (Wildman–Crippen LogP) is 9.43. The molecule has 0 saturated carbocycles. The molecule has 412 valence electrons. The molecule has 1 aliphatic rings. The van der Waals surface area contributed by atoms with Gasteiger partial charge in [-0.15, -0.1) is 0 Å². The van der Waals surface area contributed by atoms with Crippen molar-refractivity contribution in [3.63, 3.8) is 0 Å². The molecule has 16 heteroatoms. The molecule has 71 heavy (non-hydrogen) atoms. The quantitative estimate of drug-likeness (QED) is 0.0202. The maximum atomic E-state index is 13.0. The summed E-state index contributed by atoms with van der Waals surface area (Å²) in [5, 5.41) is 0. The number of phosphoric ester groups is 1. The molecule has 0 aliphatic carbocycles.